The largest absolute Gasteiger partial charge is 0.314 e. The molecule has 0 saturated heterocycles. The summed E-state index contributed by atoms with van der Waals surface area (Å²) >= 11 is 0. The molecule has 0 aliphatic carbocycles. The van der Waals surface area contributed by atoms with Crippen LogP contribution in [-0.2, 0) is 17.8 Å². The molecule has 2 aromatic heterocycles. The van der Waals surface area contributed by atoms with Gasteiger partial charge in [-0.15, -0.1) is 0 Å². The molecule has 2 heterocycles. The zero-order valence-electron chi connectivity index (χ0n) is 17.9. The van der Waals surface area contributed by atoms with Crippen LogP contribution in [0.3, 0.4) is 0 Å². The molecule has 0 saturated carbocycles. The number of fused-ring (bicyclic) bond motifs is 1. The Kier molecular flexibility index (Phi) is 5.62. The fraction of sp³-hybridized carbons (Fsp3) is 0.200. The van der Waals surface area contributed by atoms with E-state index < -0.39 is 0 Å². The number of likely N-dealkylation sites (N-methyl/N-ethyl adjacent to an activating group) is 1. The highest BCUT2D eigenvalue weighted by Crippen LogP contribution is 2.21. The van der Waals surface area contributed by atoms with Gasteiger partial charge in [-0.3, -0.25) is 14.6 Å². The number of benzene rings is 2. The Hall–Kier alpha value is -3.80. The summed E-state index contributed by atoms with van der Waals surface area (Å²) in [5.74, 6) is -0.201. The van der Waals surface area contributed by atoms with Crippen LogP contribution in [0.4, 0.5) is 5.69 Å². The number of hydrogen-bond acceptors (Lipinski definition) is 4. The Bertz CT molecular complexity index is 1310. The maximum absolute atomic E-state index is 13.1. The minimum absolute atomic E-state index is 0.128. The van der Waals surface area contributed by atoms with Crippen molar-refractivity contribution < 1.29 is 4.79 Å². The summed E-state index contributed by atoms with van der Waals surface area (Å²) in [7, 11) is 1.73. The van der Waals surface area contributed by atoms with Gasteiger partial charge in [0.15, 0.2) is 0 Å². The summed E-state index contributed by atoms with van der Waals surface area (Å²) in [5, 5.41) is 5.95. The van der Waals surface area contributed by atoms with E-state index in [1.54, 1.807) is 30.4 Å². The van der Waals surface area contributed by atoms with Crippen LogP contribution in [0.25, 0.3) is 10.8 Å². The molecule has 0 fully saturated rings. The minimum atomic E-state index is -0.267. The Morgan fingerprint density at radius 2 is 1.71 bits per heavy atom. The number of aryl methyl sites for hydroxylation is 2. The van der Waals surface area contributed by atoms with Gasteiger partial charge in [0.05, 0.1) is 11.1 Å². The topological polar surface area (TPSA) is 68.1 Å². The monoisotopic (exact) mass is 412 g/mol. The third-order valence-corrected chi connectivity index (χ3v) is 5.45. The van der Waals surface area contributed by atoms with Gasteiger partial charge in [-0.25, -0.2) is 4.68 Å². The second-order valence-corrected chi connectivity index (χ2v) is 7.73. The zero-order valence-corrected chi connectivity index (χ0v) is 17.9. The number of aromatic nitrogens is 3. The fourth-order valence-corrected chi connectivity index (χ4v) is 3.69. The Labute approximate surface area is 180 Å². The second kappa shape index (κ2) is 8.52. The molecule has 6 nitrogen and oxygen atoms in total. The summed E-state index contributed by atoms with van der Waals surface area (Å²) in [6, 6.07) is 17.2. The third kappa shape index (κ3) is 4.23. The van der Waals surface area contributed by atoms with Crippen molar-refractivity contribution in [1.29, 1.82) is 0 Å². The number of pyridine rings is 1. The quantitative estimate of drug-likeness (QED) is 0.502. The van der Waals surface area contributed by atoms with Crippen molar-refractivity contribution in [2.45, 2.75) is 26.8 Å². The minimum Gasteiger partial charge on any atom is -0.314 e. The van der Waals surface area contributed by atoms with Gasteiger partial charge in [0.2, 0.25) is 5.91 Å². The van der Waals surface area contributed by atoms with E-state index in [4.69, 9.17) is 0 Å². The molecule has 0 aliphatic rings. The molecule has 156 valence electrons. The number of rotatable bonds is 5. The first-order chi connectivity index (χ1) is 14.9. The standard InChI is InChI=1S/C25H24N4O2/c1-17-8-9-18(2)23(14-17)28(3)24(30)16-29-25(31)21-7-5-4-6-20(21)22(27-29)15-19-10-12-26-13-11-19/h4-14H,15-16H2,1-3H3. The van der Waals surface area contributed by atoms with Crippen molar-refractivity contribution in [3.05, 3.63) is 99.7 Å². The molecule has 0 N–H and O–H groups in total. The molecule has 1 amide bonds. The molecule has 0 atom stereocenters. The summed E-state index contributed by atoms with van der Waals surface area (Å²) in [5.41, 5.74) is 4.42. The van der Waals surface area contributed by atoms with Crippen LogP contribution in [-0.4, -0.2) is 27.7 Å². The molecule has 0 aliphatic heterocycles. The van der Waals surface area contributed by atoms with E-state index in [9.17, 15) is 9.59 Å². The number of carbonyl (C=O) groups is 1. The lowest BCUT2D eigenvalue weighted by Crippen LogP contribution is -2.36. The summed E-state index contributed by atoms with van der Waals surface area (Å²) < 4.78 is 1.28. The van der Waals surface area contributed by atoms with Crippen molar-refractivity contribution >= 4 is 22.4 Å². The highest BCUT2D eigenvalue weighted by Gasteiger charge is 2.17. The van der Waals surface area contributed by atoms with Gasteiger partial charge in [0, 0.05) is 36.9 Å². The zero-order chi connectivity index (χ0) is 22.0. The molecule has 4 rings (SSSR count). The number of nitrogens with zero attached hydrogens (tertiary/aromatic N) is 4. The molecule has 6 heteroatoms. The van der Waals surface area contributed by atoms with Gasteiger partial charge >= 0.3 is 0 Å². The smallest absolute Gasteiger partial charge is 0.275 e. The van der Waals surface area contributed by atoms with E-state index in [2.05, 4.69) is 10.1 Å². The maximum Gasteiger partial charge on any atom is 0.275 e. The van der Waals surface area contributed by atoms with Crippen LogP contribution in [0.2, 0.25) is 0 Å². The van der Waals surface area contributed by atoms with Gasteiger partial charge in [-0.05, 0) is 54.8 Å². The van der Waals surface area contributed by atoms with Gasteiger partial charge in [-0.2, -0.15) is 5.10 Å². The van der Waals surface area contributed by atoms with Crippen molar-refractivity contribution in [3.8, 4) is 0 Å². The number of amides is 1. The Morgan fingerprint density at radius 3 is 2.45 bits per heavy atom. The number of carbonyl (C=O) groups excluding carboxylic acids is 1. The average molecular weight is 412 g/mol. The highest BCUT2D eigenvalue weighted by atomic mass is 16.2. The van der Waals surface area contributed by atoms with Crippen LogP contribution in [0, 0.1) is 13.8 Å². The van der Waals surface area contributed by atoms with E-state index in [1.807, 2.05) is 62.4 Å². The van der Waals surface area contributed by atoms with Crippen molar-refractivity contribution in [3.63, 3.8) is 0 Å². The van der Waals surface area contributed by atoms with E-state index in [1.165, 1.54) is 4.68 Å². The third-order valence-electron chi connectivity index (χ3n) is 5.45. The van der Waals surface area contributed by atoms with Crippen molar-refractivity contribution in [2.75, 3.05) is 11.9 Å². The van der Waals surface area contributed by atoms with E-state index >= 15 is 0 Å². The Balaban J connectivity index is 1.72. The van der Waals surface area contributed by atoms with Crippen LogP contribution in [0.5, 0.6) is 0 Å². The predicted octanol–water partition coefficient (Wildman–Crippen LogP) is 3.66. The fourth-order valence-electron chi connectivity index (χ4n) is 3.69. The van der Waals surface area contributed by atoms with Crippen molar-refractivity contribution in [1.82, 2.24) is 14.8 Å². The summed E-state index contributed by atoms with van der Waals surface area (Å²) in [4.78, 5) is 31.8. The van der Waals surface area contributed by atoms with Crippen LogP contribution >= 0.6 is 0 Å². The molecule has 0 spiro atoms. The van der Waals surface area contributed by atoms with Crippen molar-refractivity contribution in [2.24, 2.45) is 0 Å². The van der Waals surface area contributed by atoms with Gasteiger partial charge in [0.1, 0.15) is 6.54 Å². The summed E-state index contributed by atoms with van der Waals surface area (Å²) in [6.07, 6.45) is 4.01. The molecule has 0 unspecified atom stereocenters. The van der Waals surface area contributed by atoms with Gasteiger partial charge < -0.3 is 4.90 Å². The molecule has 0 radical (unpaired) electrons. The molecule has 4 aromatic rings. The number of hydrogen-bond donors (Lipinski definition) is 0. The molecule has 0 bridgehead atoms. The lowest BCUT2D eigenvalue weighted by molar-refractivity contribution is -0.119. The van der Waals surface area contributed by atoms with Crippen LogP contribution in [0.1, 0.15) is 22.4 Å². The lowest BCUT2D eigenvalue weighted by Gasteiger charge is -2.21. The number of anilines is 1. The first-order valence-electron chi connectivity index (χ1n) is 10.2. The molecular weight excluding hydrogens is 388 g/mol. The highest BCUT2D eigenvalue weighted by molar-refractivity contribution is 5.93. The molecular formula is C25H24N4O2. The Morgan fingerprint density at radius 1 is 1.00 bits per heavy atom. The maximum atomic E-state index is 13.1. The van der Waals surface area contributed by atoms with E-state index in [0.29, 0.717) is 11.8 Å². The van der Waals surface area contributed by atoms with Gasteiger partial charge in [0.25, 0.3) is 5.56 Å². The van der Waals surface area contributed by atoms with Gasteiger partial charge in [-0.1, -0.05) is 30.3 Å². The average Bonchev–Trinajstić information content (AvgIpc) is 2.78. The first-order valence-corrected chi connectivity index (χ1v) is 10.2. The second-order valence-electron chi connectivity index (χ2n) is 7.73. The SMILES string of the molecule is Cc1ccc(C)c(N(C)C(=O)Cn2nc(Cc3ccncc3)c3ccccc3c2=O)c1. The predicted molar refractivity (Wildman–Crippen MR) is 122 cm³/mol. The summed E-state index contributed by atoms with van der Waals surface area (Å²) in [6.45, 7) is 3.82. The first kappa shape index (κ1) is 20.5. The molecule has 2 aromatic carbocycles. The molecule has 31 heavy (non-hydrogen) atoms. The normalized spacial score (nSPS) is 10.9. The van der Waals surface area contributed by atoms with E-state index in [-0.39, 0.29) is 18.0 Å². The lowest BCUT2D eigenvalue weighted by atomic mass is 10.1. The van der Waals surface area contributed by atoms with Crippen LogP contribution < -0.4 is 10.5 Å². The van der Waals surface area contributed by atoms with E-state index in [0.717, 1.165) is 33.5 Å². The van der Waals surface area contributed by atoms with Crippen LogP contribution in [0.15, 0.2) is 71.8 Å².